The summed E-state index contributed by atoms with van der Waals surface area (Å²) < 4.78 is 14.9. The summed E-state index contributed by atoms with van der Waals surface area (Å²) >= 11 is 0. The Hall–Kier alpha value is -3.15. The molecule has 2 aromatic carbocycles. The van der Waals surface area contributed by atoms with Crippen molar-refractivity contribution >= 4 is 5.91 Å². The lowest BCUT2D eigenvalue weighted by molar-refractivity contribution is -0.120. The number of benzene rings is 2. The Bertz CT molecular complexity index is 949. The summed E-state index contributed by atoms with van der Waals surface area (Å²) in [6.07, 6.45) is 0.881. The predicted octanol–water partition coefficient (Wildman–Crippen LogP) is 3.24. The van der Waals surface area contributed by atoms with Gasteiger partial charge in [0.2, 0.25) is 5.91 Å². The average molecular weight is 367 g/mol. The van der Waals surface area contributed by atoms with E-state index in [0.717, 1.165) is 28.2 Å². The zero-order valence-corrected chi connectivity index (χ0v) is 15.4. The van der Waals surface area contributed by atoms with Crippen LogP contribution in [0.5, 0.6) is 5.75 Å². The molecule has 0 saturated heterocycles. The maximum Gasteiger partial charge on any atom is 0.224 e. The van der Waals surface area contributed by atoms with E-state index in [1.807, 2.05) is 19.9 Å². The highest BCUT2D eigenvalue weighted by atomic mass is 19.1. The number of hydrogen-bond acceptors (Lipinski definition) is 3. The first kappa shape index (κ1) is 18.6. The van der Waals surface area contributed by atoms with E-state index in [1.54, 1.807) is 35.0 Å². The Kier molecular flexibility index (Phi) is 5.54. The van der Waals surface area contributed by atoms with Gasteiger partial charge in [0.25, 0.3) is 0 Å². The van der Waals surface area contributed by atoms with Gasteiger partial charge < -0.3 is 10.4 Å². The second-order valence-corrected chi connectivity index (χ2v) is 6.48. The third-order valence-corrected chi connectivity index (χ3v) is 4.50. The van der Waals surface area contributed by atoms with Gasteiger partial charge in [0.15, 0.2) is 0 Å². The molecule has 0 aliphatic heterocycles. The molecule has 0 atom stereocenters. The standard InChI is InChI=1S/C21H22FN3O2/c1-14-20(15(2)25(24-14)18-8-6-17(22)7-9-18)13-21(27)23-11-10-16-4-3-5-19(26)12-16/h3-9,12,26H,10-11,13H2,1-2H3,(H,23,27). The van der Waals surface area contributed by atoms with E-state index in [4.69, 9.17) is 0 Å². The number of rotatable bonds is 6. The fourth-order valence-corrected chi connectivity index (χ4v) is 3.05. The first-order valence-corrected chi connectivity index (χ1v) is 8.79. The lowest BCUT2D eigenvalue weighted by atomic mass is 10.1. The van der Waals surface area contributed by atoms with Crippen LogP contribution >= 0.6 is 0 Å². The molecule has 1 heterocycles. The first-order chi connectivity index (χ1) is 12.9. The number of nitrogens with zero attached hydrogens (tertiary/aromatic N) is 2. The second kappa shape index (κ2) is 8.03. The third kappa shape index (κ3) is 4.53. The van der Waals surface area contributed by atoms with Crippen molar-refractivity contribution in [3.63, 3.8) is 0 Å². The van der Waals surface area contributed by atoms with E-state index in [-0.39, 0.29) is 23.9 Å². The SMILES string of the molecule is Cc1nn(-c2ccc(F)cc2)c(C)c1CC(=O)NCCc1cccc(O)c1. The smallest absolute Gasteiger partial charge is 0.224 e. The van der Waals surface area contributed by atoms with E-state index in [1.165, 1.54) is 12.1 Å². The molecule has 0 aliphatic rings. The first-order valence-electron chi connectivity index (χ1n) is 8.79. The molecule has 0 fully saturated rings. The van der Waals surface area contributed by atoms with Crippen molar-refractivity contribution in [3.8, 4) is 11.4 Å². The predicted molar refractivity (Wildman–Crippen MR) is 102 cm³/mol. The van der Waals surface area contributed by atoms with Crippen LogP contribution < -0.4 is 5.32 Å². The Morgan fingerprint density at radius 2 is 1.93 bits per heavy atom. The van der Waals surface area contributed by atoms with E-state index in [2.05, 4.69) is 10.4 Å². The normalized spacial score (nSPS) is 10.8. The molecule has 0 saturated carbocycles. The number of nitrogens with one attached hydrogen (secondary N) is 1. The molecule has 0 bridgehead atoms. The summed E-state index contributed by atoms with van der Waals surface area (Å²) in [7, 11) is 0. The zero-order chi connectivity index (χ0) is 19.4. The van der Waals surface area contributed by atoms with E-state index >= 15 is 0 Å². The molecule has 2 N–H and O–H groups in total. The molecule has 27 heavy (non-hydrogen) atoms. The Morgan fingerprint density at radius 1 is 1.19 bits per heavy atom. The van der Waals surface area contributed by atoms with Crippen molar-refractivity contribution in [2.24, 2.45) is 0 Å². The van der Waals surface area contributed by atoms with Crippen LogP contribution in [0.2, 0.25) is 0 Å². The largest absolute Gasteiger partial charge is 0.508 e. The zero-order valence-electron chi connectivity index (χ0n) is 15.4. The van der Waals surface area contributed by atoms with Crippen LogP contribution in [0.25, 0.3) is 5.69 Å². The molecule has 5 nitrogen and oxygen atoms in total. The van der Waals surface area contributed by atoms with E-state index < -0.39 is 0 Å². The monoisotopic (exact) mass is 367 g/mol. The molecule has 3 aromatic rings. The summed E-state index contributed by atoms with van der Waals surface area (Å²) in [6, 6.07) is 13.1. The summed E-state index contributed by atoms with van der Waals surface area (Å²) in [6.45, 7) is 4.26. The summed E-state index contributed by atoms with van der Waals surface area (Å²) in [4.78, 5) is 12.3. The molecular formula is C21H22FN3O2. The fraction of sp³-hybridized carbons (Fsp3) is 0.238. The van der Waals surface area contributed by atoms with E-state index in [0.29, 0.717) is 13.0 Å². The number of carbonyl (C=O) groups is 1. The molecule has 0 radical (unpaired) electrons. The Morgan fingerprint density at radius 3 is 2.63 bits per heavy atom. The maximum atomic E-state index is 13.1. The van der Waals surface area contributed by atoms with Crippen LogP contribution in [0.3, 0.4) is 0 Å². The van der Waals surface area contributed by atoms with Gasteiger partial charge in [-0.05, 0) is 62.2 Å². The quantitative estimate of drug-likeness (QED) is 0.703. The molecule has 0 aliphatic carbocycles. The number of hydrogen-bond donors (Lipinski definition) is 2. The number of aromatic hydroxyl groups is 1. The number of amides is 1. The van der Waals surface area contributed by atoms with Crippen LogP contribution in [0.4, 0.5) is 4.39 Å². The topological polar surface area (TPSA) is 67.2 Å². The van der Waals surface area contributed by atoms with Crippen molar-refractivity contribution in [1.82, 2.24) is 15.1 Å². The van der Waals surface area contributed by atoms with E-state index in [9.17, 15) is 14.3 Å². The van der Waals surface area contributed by atoms with Gasteiger partial charge >= 0.3 is 0 Å². The number of halogens is 1. The van der Waals surface area contributed by atoms with Crippen molar-refractivity contribution in [2.45, 2.75) is 26.7 Å². The van der Waals surface area contributed by atoms with Gasteiger partial charge in [-0.25, -0.2) is 9.07 Å². The van der Waals surface area contributed by atoms with Crippen molar-refractivity contribution in [1.29, 1.82) is 0 Å². The van der Waals surface area contributed by atoms with Gasteiger partial charge in [-0.3, -0.25) is 4.79 Å². The molecule has 6 heteroatoms. The number of aromatic nitrogens is 2. The van der Waals surface area contributed by atoms with Crippen LogP contribution in [0.1, 0.15) is 22.5 Å². The fourth-order valence-electron chi connectivity index (χ4n) is 3.05. The van der Waals surface area contributed by atoms with Gasteiger partial charge in [0.05, 0.1) is 17.8 Å². The van der Waals surface area contributed by atoms with Gasteiger partial charge in [-0.15, -0.1) is 0 Å². The highest BCUT2D eigenvalue weighted by Crippen LogP contribution is 2.19. The van der Waals surface area contributed by atoms with Crippen molar-refractivity contribution in [2.75, 3.05) is 6.54 Å². The molecule has 0 spiro atoms. The Labute approximate surface area is 157 Å². The molecule has 3 rings (SSSR count). The van der Waals surface area contributed by atoms with Crippen molar-refractivity contribution in [3.05, 3.63) is 76.9 Å². The third-order valence-electron chi connectivity index (χ3n) is 4.50. The summed E-state index contributed by atoms with van der Waals surface area (Å²) in [5.41, 5.74) is 4.23. The van der Waals surface area contributed by atoms with Crippen LogP contribution in [-0.4, -0.2) is 27.3 Å². The van der Waals surface area contributed by atoms with Crippen molar-refractivity contribution < 1.29 is 14.3 Å². The average Bonchev–Trinajstić information content (AvgIpc) is 2.91. The molecule has 140 valence electrons. The molecular weight excluding hydrogens is 345 g/mol. The minimum atomic E-state index is -0.299. The Balaban J connectivity index is 1.63. The summed E-state index contributed by atoms with van der Waals surface area (Å²) in [5.74, 6) is -0.162. The number of phenols is 1. The highest BCUT2D eigenvalue weighted by Gasteiger charge is 2.16. The van der Waals surface area contributed by atoms with Gasteiger partial charge in [-0.1, -0.05) is 12.1 Å². The molecule has 0 unspecified atom stereocenters. The minimum absolute atomic E-state index is 0.0833. The molecule has 1 aromatic heterocycles. The lowest BCUT2D eigenvalue weighted by Crippen LogP contribution is -2.27. The number of carbonyl (C=O) groups excluding carboxylic acids is 1. The maximum absolute atomic E-state index is 13.1. The second-order valence-electron chi connectivity index (χ2n) is 6.48. The number of aryl methyl sites for hydroxylation is 1. The van der Waals surface area contributed by atoms with Crippen LogP contribution in [0, 0.1) is 19.7 Å². The van der Waals surface area contributed by atoms with Crippen LogP contribution in [0.15, 0.2) is 48.5 Å². The molecule has 1 amide bonds. The van der Waals surface area contributed by atoms with Gasteiger partial charge in [0.1, 0.15) is 11.6 Å². The van der Waals surface area contributed by atoms with Gasteiger partial charge in [-0.2, -0.15) is 5.10 Å². The minimum Gasteiger partial charge on any atom is -0.508 e. The number of phenolic OH excluding ortho intramolecular Hbond substituents is 1. The van der Waals surface area contributed by atoms with Crippen LogP contribution in [-0.2, 0) is 17.6 Å². The lowest BCUT2D eigenvalue weighted by Gasteiger charge is -2.07. The summed E-state index contributed by atoms with van der Waals surface area (Å²) in [5, 5.41) is 16.9. The highest BCUT2D eigenvalue weighted by molar-refractivity contribution is 5.79. The van der Waals surface area contributed by atoms with Gasteiger partial charge in [0, 0.05) is 17.8 Å².